The SMILES string of the molecule is O=C(CC1CCC(c2ccc(Cl)cc2)C1)c1ccc(Oc2cc3c(cc2Cl)C(C(=O)[O-])CCO3)cc1.[Na+]. The van der Waals surface area contributed by atoms with E-state index in [0.29, 0.717) is 53.1 Å². The number of ether oxygens (including phenoxy) is 2. The number of aliphatic carboxylic acids is 1. The topological polar surface area (TPSA) is 75.7 Å². The first-order valence-electron chi connectivity index (χ1n) is 12.1. The van der Waals surface area contributed by atoms with Crippen LogP contribution in [0, 0.1) is 5.92 Å². The second kappa shape index (κ2) is 12.2. The van der Waals surface area contributed by atoms with Crippen molar-refractivity contribution in [1.29, 1.82) is 0 Å². The van der Waals surface area contributed by atoms with Crippen LogP contribution in [-0.4, -0.2) is 18.4 Å². The number of halogens is 2. The summed E-state index contributed by atoms with van der Waals surface area (Å²) in [5.74, 6) is 0.356. The van der Waals surface area contributed by atoms with E-state index in [1.165, 1.54) is 5.56 Å². The van der Waals surface area contributed by atoms with Gasteiger partial charge in [0, 0.05) is 40.5 Å². The molecule has 0 aromatic heterocycles. The van der Waals surface area contributed by atoms with Crippen molar-refractivity contribution in [2.24, 2.45) is 5.92 Å². The predicted molar refractivity (Wildman–Crippen MR) is 136 cm³/mol. The van der Waals surface area contributed by atoms with Crippen molar-refractivity contribution in [2.45, 2.75) is 43.9 Å². The molecule has 0 amide bonds. The monoisotopic (exact) mass is 546 g/mol. The van der Waals surface area contributed by atoms with Crippen LogP contribution in [0.2, 0.25) is 10.0 Å². The molecule has 0 N–H and O–H groups in total. The number of Topliss-reactive ketones (excluding diaryl/α,β-unsaturated/α-hetero) is 1. The molecule has 2 aliphatic rings. The van der Waals surface area contributed by atoms with E-state index in [-0.39, 0.29) is 47.0 Å². The molecule has 1 saturated carbocycles. The summed E-state index contributed by atoms with van der Waals surface area (Å²) in [7, 11) is 0. The van der Waals surface area contributed by atoms with Crippen molar-refractivity contribution < 1.29 is 53.7 Å². The average Bonchev–Trinajstić information content (AvgIpc) is 3.33. The largest absolute Gasteiger partial charge is 1.00 e. The molecule has 1 fully saturated rings. The molecule has 37 heavy (non-hydrogen) atoms. The second-order valence-electron chi connectivity index (χ2n) is 9.51. The zero-order chi connectivity index (χ0) is 25.2. The maximum Gasteiger partial charge on any atom is 1.00 e. The first-order chi connectivity index (χ1) is 17.4. The Labute approximate surface area is 248 Å². The molecule has 3 aromatic carbocycles. The van der Waals surface area contributed by atoms with Gasteiger partial charge in [0.25, 0.3) is 0 Å². The third-order valence-electron chi connectivity index (χ3n) is 7.15. The minimum atomic E-state index is -1.15. The molecular weight excluding hydrogens is 522 g/mol. The third-order valence-corrected chi connectivity index (χ3v) is 7.70. The van der Waals surface area contributed by atoms with Crippen molar-refractivity contribution in [3.05, 3.63) is 87.4 Å². The van der Waals surface area contributed by atoms with Gasteiger partial charge in [-0.25, -0.2) is 0 Å². The van der Waals surface area contributed by atoms with Crippen LogP contribution in [0.25, 0.3) is 0 Å². The molecule has 0 saturated heterocycles. The Morgan fingerprint density at radius 3 is 2.41 bits per heavy atom. The van der Waals surface area contributed by atoms with Gasteiger partial charge in [-0.05, 0) is 85.5 Å². The molecule has 186 valence electrons. The fourth-order valence-corrected chi connectivity index (χ4v) is 5.56. The number of ketones is 1. The number of carbonyl (C=O) groups is 2. The number of hydrogen-bond donors (Lipinski definition) is 0. The van der Waals surface area contributed by atoms with Crippen molar-refractivity contribution in [3.8, 4) is 17.2 Å². The average molecular weight is 547 g/mol. The normalized spacial score (nSPS) is 20.3. The molecule has 1 aliphatic carbocycles. The standard InChI is InChI=1S/C29H26Cl2O5.Na/c30-21-7-3-18(4-8-21)20-2-1-17(13-20)14-26(32)19-5-9-22(10-6-19)36-28-16-27-24(15-25(28)31)23(29(33)34)11-12-35-27;/h3-10,15-17,20,23H,1-2,11-14H2,(H,33,34);/q;+1/p-1. The van der Waals surface area contributed by atoms with Gasteiger partial charge in [0.05, 0.1) is 11.6 Å². The van der Waals surface area contributed by atoms with E-state index >= 15 is 0 Å². The van der Waals surface area contributed by atoms with Crippen LogP contribution in [0.4, 0.5) is 0 Å². The molecule has 8 heteroatoms. The molecule has 5 rings (SSSR count). The van der Waals surface area contributed by atoms with Gasteiger partial charge in [0.2, 0.25) is 0 Å². The van der Waals surface area contributed by atoms with E-state index < -0.39 is 11.9 Å². The fraction of sp³-hybridized carbons (Fsp3) is 0.310. The summed E-state index contributed by atoms with van der Waals surface area (Å²) in [6, 6.07) is 18.2. The maximum atomic E-state index is 12.9. The van der Waals surface area contributed by atoms with E-state index in [0.717, 1.165) is 24.3 Å². The van der Waals surface area contributed by atoms with E-state index in [9.17, 15) is 14.7 Å². The summed E-state index contributed by atoms with van der Waals surface area (Å²) in [6.45, 7) is 0.283. The van der Waals surface area contributed by atoms with Crippen LogP contribution in [0.5, 0.6) is 17.2 Å². The molecule has 0 spiro atoms. The Morgan fingerprint density at radius 1 is 0.973 bits per heavy atom. The smallest absolute Gasteiger partial charge is 0.549 e. The number of carbonyl (C=O) groups excluding carboxylic acids is 2. The van der Waals surface area contributed by atoms with Gasteiger partial charge < -0.3 is 19.4 Å². The summed E-state index contributed by atoms with van der Waals surface area (Å²) in [6.07, 6.45) is 3.99. The number of benzene rings is 3. The summed E-state index contributed by atoms with van der Waals surface area (Å²) in [4.78, 5) is 24.3. The van der Waals surface area contributed by atoms with Crippen molar-refractivity contribution in [2.75, 3.05) is 6.61 Å². The molecular formula is C29H25Cl2NaO5. The molecule has 3 aromatic rings. The third kappa shape index (κ3) is 6.52. The van der Waals surface area contributed by atoms with E-state index in [1.807, 2.05) is 12.1 Å². The first-order valence-corrected chi connectivity index (χ1v) is 12.9. The molecule has 0 bridgehead atoms. The number of hydrogen-bond acceptors (Lipinski definition) is 5. The molecule has 0 radical (unpaired) electrons. The summed E-state index contributed by atoms with van der Waals surface area (Å²) >= 11 is 12.4. The van der Waals surface area contributed by atoms with Gasteiger partial charge in [0.15, 0.2) is 5.78 Å². The summed E-state index contributed by atoms with van der Waals surface area (Å²) in [5.41, 5.74) is 2.43. The molecule has 3 atom stereocenters. The molecule has 5 nitrogen and oxygen atoms in total. The minimum Gasteiger partial charge on any atom is -0.549 e. The van der Waals surface area contributed by atoms with Gasteiger partial charge in [-0.1, -0.05) is 35.3 Å². The zero-order valence-electron chi connectivity index (χ0n) is 20.5. The van der Waals surface area contributed by atoms with Gasteiger partial charge in [-0.2, -0.15) is 0 Å². The molecule has 1 heterocycles. The van der Waals surface area contributed by atoms with Crippen LogP contribution in [-0.2, 0) is 4.79 Å². The van der Waals surface area contributed by atoms with Gasteiger partial charge in [-0.15, -0.1) is 0 Å². The fourth-order valence-electron chi connectivity index (χ4n) is 5.23. The van der Waals surface area contributed by atoms with Crippen LogP contribution in [0.3, 0.4) is 0 Å². The molecule has 3 unspecified atom stereocenters. The Hall–Kier alpha value is -2.02. The van der Waals surface area contributed by atoms with E-state index in [4.69, 9.17) is 32.7 Å². The number of fused-ring (bicyclic) bond motifs is 1. The molecule has 1 aliphatic heterocycles. The van der Waals surface area contributed by atoms with Crippen LogP contribution >= 0.6 is 23.2 Å². The summed E-state index contributed by atoms with van der Waals surface area (Å²) < 4.78 is 11.5. The number of carboxylic acid groups (broad SMARTS) is 1. The Bertz CT molecular complexity index is 1280. The van der Waals surface area contributed by atoms with Crippen molar-refractivity contribution in [1.82, 2.24) is 0 Å². The zero-order valence-corrected chi connectivity index (χ0v) is 24.1. The Balaban J connectivity index is 0.00000320. The van der Waals surface area contributed by atoms with Gasteiger partial charge in [0.1, 0.15) is 17.2 Å². The number of carboxylic acids is 1. The van der Waals surface area contributed by atoms with Crippen LogP contribution in [0.1, 0.15) is 65.4 Å². The quantitative estimate of drug-likeness (QED) is 0.334. The van der Waals surface area contributed by atoms with Crippen molar-refractivity contribution in [3.63, 3.8) is 0 Å². The number of rotatable bonds is 7. The minimum absolute atomic E-state index is 0. The van der Waals surface area contributed by atoms with Crippen LogP contribution < -0.4 is 44.1 Å². The maximum absolute atomic E-state index is 12.9. The van der Waals surface area contributed by atoms with E-state index in [2.05, 4.69) is 12.1 Å². The Kier molecular flexibility index (Phi) is 9.25. The van der Waals surface area contributed by atoms with Crippen molar-refractivity contribution >= 4 is 35.0 Å². The first kappa shape index (κ1) is 28.0. The predicted octanol–water partition coefficient (Wildman–Crippen LogP) is 3.56. The second-order valence-corrected chi connectivity index (χ2v) is 10.4. The van der Waals surface area contributed by atoms with E-state index in [1.54, 1.807) is 36.4 Å². The van der Waals surface area contributed by atoms with Crippen LogP contribution in [0.15, 0.2) is 60.7 Å². The Morgan fingerprint density at radius 2 is 1.70 bits per heavy atom. The van der Waals surface area contributed by atoms with Gasteiger partial charge in [-0.3, -0.25) is 4.79 Å². The van der Waals surface area contributed by atoms with Gasteiger partial charge >= 0.3 is 29.6 Å². The summed E-state index contributed by atoms with van der Waals surface area (Å²) in [5, 5.41) is 12.4.